The smallest absolute Gasteiger partial charge is 0.408 e. The first-order valence-electron chi connectivity index (χ1n) is 4.56. The molecule has 0 aliphatic carbocycles. The molecule has 0 aliphatic rings. The molecule has 7 heteroatoms. The zero-order valence-electron chi connectivity index (χ0n) is 9.31. The molecular formula is C10H19NO6. The number of ether oxygens (including phenoxy) is 1. The number of carbonyl (C=O) groups is 3. The highest BCUT2D eigenvalue weighted by Gasteiger charge is 2.25. The fraction of sp³-hybridized carbons (Fsp3) is 0.700. The Bertz CT molecular complexity index is 294. The fourth-order valence-electron chi connectivity index (χ4n) is 0.825. The van der Waals surface area contributed by atoms with E-state index in [4.69, 9.17) is 14.9 Å². The van der Waals surface area contributed by atoms with Crippen LogP contribution in [0.2, 0.25) is 0 Å². The monoisotopic (exact) mass is 249 g/mol. The number of carbonyl (C=O) groups excluding carboxylic acids is 1. The SMILES string of the molecule is C.CC(C)(C)OC(=O)N[C@H](CC(=O)O)C(=O)O. The maximum absolute atomic E-state index is 11.2. The highest BCUT2D eigenvalue weighted by Crippen LogP contribution is 2.07. The minimum absolute atomic E-state index is 0. The van der Waals surface area contributed by atoms with Crippen LogP contribution in [-0.2, 0) is 14.3 Å². The van der Waals surface area contributed by atoms with Crippen LogP contribution in [0.5, 0.6) is 0 Å². The van der Waals surface area contributed by atoms with E-state index in [1.807, 2.05) is 5.32 Å². The van der Waals surface area contributed by atoms with Gasteiger partial charge in [-0.15, -0.1) is 0 Å². The minimum atomic E-state index is -1.49. The van der Waals surface area contributed by atoms with Crippen LogP contribution in [0, 0.1) is 0 Å². The molecule has 0 aromatic heterocycles. The molecule has 3 N–H and O–H groups in total. The summed E-state index contributed by atoms with van der Waals surface area (Å²) in [6.07, 6.45) is -1.66. The Balaban J connectivity index is 0. The number of rotatable bonds is 4. The van der Waals surface area contributed by atoms with E-state index >= 15 is 0 Å². The van der Waals surface area contributed by atoms with Gasteiger partial charge in [0.25, 0.3) is 0 Å². The summed E-state index contributed by atoms with van der Waals surface area (Å²) >= 11 is 0. The van der Waals surface area contributed by atoms with Crippen LogP contribution in [0.25, 0.3) is 0 Å². The van der Waals surface area contributed by atoms with Gasteiger partial charge in [0.05, 0.1) is 6.42 Å². The average molecular weight is 249 g/mol. The molecule has 0 spiro atoms. The summed E-state index contributed by atoms with van der Waals surface area (Å²) in [5.41, 5.74) is -0.767. The molecule has 100 valence electrons. The minimum Gasteiger partial charge on any atom is -0.481 e. The first kappa shape index (κ1) is 17.6. The van der Waals surface area contributed by atoms with Gasteiger partial charge < -0.3 is 20.3 Å². The lowest BCUT2D eigenvalue weighted by Gasteiger charge is -2.21. The third-order valence-electron chi connectivity index (χ3n) is 1.37. The number of carboxylic acid groups (broad SMARTS) is 2. The standard InChI is InChI=1S/C9H15NO6.CH4/c1-9(2,3)16-8(15)10-5(7(13)14)4-6(11)12;/h5H,4H2,1-3H3,(H,10,15)(H,11,12)(H,13,14);1H4/t5-;/m1./s1. The third-order valence-corrected chi connectivity index (χ3v) is 1.37. The summed E-state index contributed by atoms with van der Waals surface area (Å²) < 4.78 is 4.79. The Labute approximate surface area is 99.8 Å². The molecular weight excluding hydrogens is 230 g/mol. The van der Waals surface area contributed by atoms with E-state index in [1.165, 1.54) is 0 Å². The van der Waals surface area contributed by atoms with Gasteiger partial charge in [-0.1, -0.05) is 7.43 Å². The van der Waals surface area contributed by atoms with Crippen LogP contribution in [0.15, 0.2) is 0 Å². The first-order valence-corrected chi connectivity index (χ1v) is 4.56. The van der Waals surface area contributed by atoms with Crippen molar-refractivity contribution >= 4 is 18.0 Å². The summed E-state index contributed by atoms with van der Waals surface area (Å²) in [5, 5.41) is 19.0. The summed E-state index contributed by atoms with van der Waals surface area (Å²) in [4.78, 5) is 32.1. The number of hydrogen-bond donors (Lipinski definition) is 3. The van der Waals surface area contributed by atoms with E-state index in [0.29, 0.717) is 0 Å². The highest BCUT2D eigenvalue weighted by atomic mass is 16.6. The quantitative estimate of drug-likeness (QED) is 0.687. The number of carboxylic acids is 2. The highest BCUT2D eigenvalue weighted by molar-refractivity contribution is 5.84. The van der Waals surface area contributed by atoms with E-state index in [1.54, 1.807) is 20.8 Å². The molecule has 0 radical (unpaired) electrons. The third kappa shape index (κ3) is 9.16. The number of nitrogens with one attached hydrogen (secondary N) is 1. The Morgan fingerprint density at radius 2 is 1.71 bits per heavy atom. The molecule has 17 heavy (non-hydrogen) atoms. The van der Waals surface area contributed by atoms with Gasteiger partial charge in [-0.25, -0.2) is 9.59 Å². The van der Waals surface area contributed by atoms with Crippen molar-refractivity contribution in [2.24, 2.45) is 0 Å². The summed E-state index contributed by atoms with van der Waals surface area (Å²) in [6.45, 7) is 4.83. The second kappa shape index (κ2) is 6.72. The number of alkyl carbamates (subject to hydrolysis) is 1. The van der Waals surface area contributed by atoms with Crippen molar-refractivity contribution in [3.05, 3.63) is 0 Å². The number of hydrogen-bond acceptors (Lipinski definition) is 4. The van der Waals surface area contributed by atoms with Gasteiger partial charge in [-0.05, 0) is 20.8 Å². The Morgan fingerprint density at radius 1 is 1.24 bits per heavy atom. The van der Waals surface area contributed by atoms with Crippen molar-refractivity contribution in [1.29, 1.82) is 0 Å². The van der Waals surface area contributed by atoms with Crippen molar-refractivity contribution in [1.82, 2.24) is 5.32 Å². The number of aliphatic carboxylic acids is 2. The lowest BCUT2D eigenvalue weighted by Crippen LogP contribution is -2.44. The van der Waals surface area contributed by atoms with Crippen molar-refractivity contribution in [3.63, 3.8) is 0 Å². The van der Waals surface area contributed by atoms with Crippen LogP contribution in [0.3, 0.4) is 0 Å². The maximum Gasteiger partial charge on any atom is 0.408 e. The fourth-order valence-corrected chi connectivity index (χ4v) is 0.825. The molecule has 0 fully saturated rings. The van der Waals surface area contributed by atoms with Crippen molar-refractivity contribution in [3.8, 4) is 0 Å². The second-order valence-corrected chi connectivity index (χ2v) is 4.13. The van der Waals surface area contributed by atoms with Crippen LogP contribution in [-0.4, -0.2) is 39.9 Å². The molecule has 0 aromatic carbocycles. The Morgan fingerprint density at radius 3 is 2.00 bits per heavy atom. The molecule has 1 atom stereocenters. The van der Waals surface area contributed by atoms with Crippen LogP contribution >= 0.6 is 0 Å². The van der Waals surface area contributed by atoms with E-state index in [2.05, 4.69) is 0 Å². The predicted octanol–water partition coefficient (Wildman–Crippen LogP) is 1.08. The van der Waals surface area contributed by atoms with E-state index in [-0.39, 0.29) is 7.43 Å². The van der Waals surface area contributed by atoms with Crippen LogP contribution in [0.4, 0.5) is 4.79 Å². The topological polar surface area (TPSA) is 113 Å². The maximum atomic E-state index is 11.2. The molecule has 1 amide bonds. The predicted molar refractivity (Wildman–Crippen MR) is 59.8 cm³/mol. The Kier molecular flexibility index (Phi) is 6.96. The zero-order chi connectivity index (χ0) is 12.9. The van der Waals surface area contributed by atoms with E-state index in [9.17, 15) is 14.4 Å². The largest absolute Gasteiger partial charge is 0.481 e. The summed E-state index contributed by atoms with van der Waals surface area (Å²) in [6, 6.07) is -1.49. The van der Waals surface area contributed by atoms with Gasteiger partial charge in [0.15, 0.2) is 0 Å². The first-order chi connectivity index (χ1) is 7.11. The molecule has 0 aromatic rings. The molecule has 7 nitrogen and oxygen atoms in total. The van der Waals surface area contributed by atoms with Gasteiger partial charge >= 0.3 is 18.0 Å². The Hall–Kier alpha value is -1.79. The van der Waals surface area contributed by atoms with Gasteiger partial charge in [-0.2, -0.15) is 0 Å². The lowest BCUT2D eigenvalue weighted by atomic mass is 10.2. The molecule has 0 unspecified atom stereocenters. The van der Waals surface area contributed by atoms with Gasteiger partial charge in [0.2, 0.25) is 0 Å². The van der Waals surface area contributed by atoms with Gasteiger partial charge in [0.1, 0.15) is 11.6 Å². The van der Waals surface area contributed by atoms with Crippen molar-refractivity contribution < 1.29 is 29.3 Å². The number of amides is 1. The molecule has 0 aliphatic heterocycles. The second-order valence-electron chi connectivity index (χ2n) is 4.13. The van der Waals surface area contributed by atoms with Gasteiger partial charge in [-0.3, -0.25) is 4.79 Å². The van der Waals surface area contributed by atoms with Crippen LogP contribution < -0.4 is 5.32 Å². The normalized spacial score (nSPS) is 11.9. The average Bonchev–Trinajstić information content (AvgIpc) is 1.97. The summed E-state index contributed by atoms with van der Waals surface area (Å²) in [5.74, 6) is -2.74. The van der Waals surface area contributed by atoms with Crippen molar-refractivity contribution in [2.45, 2.75) is 46.3 Å². The lowest BCUT2D eigenvalue weighted by molar-refractivity contribution is -0.145. The summed E-state index contributed by atoms with van der Waals surface area (Å²) in [7, 11) is 0. The molecule has 0 saturated heterocycles. The van der Waals surface area contributed by atoms with E-state index < -0.39 is 36.1 Å². The zero-order valence-corrected chi connectivity index (χ0v) is 9.31. The molecule has 0 saturated carbocycles. The molecule has 0 heterocycles. The molecule has 0 bridgehead atoms. The van der Waals surface area contributed by atoms with E-state index in [0.717, 1.165) is 0 Å². The molecule has 0 rings (SSSR count). The van der Waals surface area contributed by atoms with Crippen molar-refractivity contribution in [2.75, 3.05) is 0 Å². The van der Waals surface area contributed by atoms with Crippen LogP contribution in [0.1, 0.15) is 34.6 Å². The van der Waals surface area contributed by atoms with Gasteiger partial charge in [0, 0.05) is 0 Å².